The Balaban J connectivity index is 1.81. The monoisotopic (exact) mass is 290 g/mol. The van der Waals surface area contributed by atoms with Gasteiger partial charge in [0.15, 0.2) is 0 Å². The summed E-state index contributed by atoms with van der Waals surface area (Å²) >= 11 is 0. The van der Waals surface area contributed by atoms with Gasteiger partial charge in [0.2, 0.25) is 0 Å². The molecular formula is C17H26N2O2. The Morgan fingerprint density at radius 2 is 2.29 bits per heavy atom. The first-order valence-electron chi connectivity index (χ1n) is 8.28. The van der Waals surface area contributed by atoms with Crippen LogP contribution in [0.1, 0.15) is 39.0 Å². The molecule has 2 aliphatic heterocycles. The average Bonchev–Trinajstić information content (AvgIpc) is 2.67. The summed E-state index contributed by atoms with van der Waals surface area (Å²) in [4.78, 5) is 5.51. The lowest BCUT2D eigenvalue weighted by atomic mass is 9.61. The van der Waals surface area contributed by atoms with Crippen molar-refractivity contribution in [2.75, 3.05) is 13.7 Å². The minimum Gasteiger partial charge on any atom is -0.493 e. The number of nitrogens with zero attached hydrogens (tertiary/aromatic N) is 1. The number of ether oxygens (including phenoxy) is 1. The summed E-state index contributed by atoms with van der Waals surface area (Å²) in [6.45, 7) is 3.27. The highest BCUT2D eigenvalue weighted by molar-refractivity contribution is 5.38. The molecule has 0 bridgehead atoms. The van der Waals surface area contributed by atoms with E-state index in [0.29, 0.717) is 12.0 Å². The molecule has 1 fully saturated rings. The summed E-state index contributed by atoms with van der Waals surface area (Å²) in [5.41, 5.74) is 7.94. The van der Waals surface area contributed by atoms with Gasteiger partial charge < -0.3 is 10.5 Å². The van der Waals surface area contributed by atoms with Gasteiger partial charge in [-0.3, -0.25) is 9.90 Å². The van der Waals surface area contributed by atoms with Crippen LogP contribution in [0.2, 0.25) is 0 Å². The molecule has 0 amide bonds. The summed E-state index contributed by atoms with van der Waals surface area (Å²) in [5, 5.41) is 1.97. The summed E-state index contributed by atoms with van der Waals surface area (Å²) < 4.78 is 6.41. The molecule has 4 rings (SSSR count). The fourth-order valence-corrected chi connectivity index (χ4v) is 5.08. The topological polar surface area (TPSA) is 47.7 Å². The third-order valence-electron chi connectivity index (χ3n) is 5.88. The van der Waals surface area contributed by atoms with Crippen LogP contribution in [0.15, 0.2) is 23.6 Å². The number of hydroxylamine groups is 2. The molecule has 5 atom stereocenters. The van der Waals surface area contributed by atoms with E-state index in [0.717, 1.165) is 31.7 Å². The molecular weight excluding hydrogens is 264 g/mol. The molecule has 0 aromatic rings. The second-order valence-corrected chi connectivity index (χ2v) is 7.37. The Kier molecular flexibility index (Phi) is 3.09. The van der Waals surface area contributed by atoms with Gasteiger partial charge in [0.1, 0.15) is 6.10 Å². The largest absolute Gasteiger partial charge is 0.493 e. The van der Waals surface area contributed by atoms with Gasteiger partial charge in [-0.05, 0) is 37.2 Å². The number of hydrogen-bond donors (Lipinski definition) is 1. The average molecular weight is 290 g/mol. The van der Waals surface area contributed by atoms with Crippen molar-refractivity contribution < 1.29 is 9.57 Å². The maximum atomic E-state index is 6.41. The van der Waals surface area contributed by atoms with Crippen LogP contribution < -0.4 is 5.73 Å². The molecule has 1 spiro atoms. The Hall–Kier alpha value is -1.00. The van der Waals surface area contributed by atoms with Crippen molar-refractivity contribution in [1.29, 1.82) is 0 Å². The van der Waals surface area contributed by atoms with Crippen molar-refractivity contribution in [3.8, 4) is 0 Å². The second kappa shape index (κ2) is 4.75. The van der Waals surface area contributed by atoms with E-state index < -0.39 is 0 Å². The SMILES string of the molecule is CON1C=CC23CC(C)CC[C@H]2OC2=C3[C@@H](C[C@@H](N)C2)C1. The van der Waals surface area contributed by atoms with Crippen LogP contribution in [0, 0.1) is 17.3 Å². The van der Waals surface area contributed by atoms with Crippen LogP contribution in [0.4, 0.5) is 0 Å². The molecule has 0 aromatic carbocycles. The Bertz CT molecular complexity index is 501. The lowest BCUT2D eigenvalue weighted by molar-refractivity contribution is -0.0947. The first-order chi connectivity index (χ1) is 10.1. The zero-order valence-corrected chi connectivity index (χ0v) is 13.0. The zero-order chi connectivity index (χ0) is 14.6. The predicted molar refractivity (Wildman–Crippen MR) is 80.9 cm³/mol. The molecule has 2 heterocycles. The lowest BCUT2D eigenvalue weighted by Gasteiger charge is -2.41. The van der Waals surface area contributed by atoms with Gasteiger partial charge in [-0.15, -0.1) is 0 Å². The normalized spacial score (nSPS) is 45.0. The van der Waals surface area contributed by atoms with E-state index >= 15 is 0 Å². The fraction of sp³-hybridized carbons (Fsp3) is 0.765. The molecule has 116 valence electrons. The van der Waals surface area contributed by atoms with E-state index in [1.54, 1.807) is 12.7 Å². The number of hydrogen-bond acceptors (Lipinski definition) is 4. The molecule has 4 heteroatoms. The highest BCUT2D eigenvalue weighted by atomic mass is 16.7. The van der Waals surface area contributed by atoms with E-state index in [9.17, 15) is 0 Å². The van der Waals surface area contributed by atoms with Gasteiger partial charge in [0.25, 0.3) is 0 Å². The van der Waals surface area contributed by atoms with Crippen molar-refractivity contribution >= 4 is 0 Å². The molecule has 0 radical (unpaired) electrons. The van der Waals surface area contributed by atoms with Gasteiger partial charge in [-0.25, -0.2) is 0 Å². The highest BCUT2D eigenvalue weighted by Crippen LogP contribution is 2.59. The van der Waals surface area contributed by atoms with Gasteiger partial charge in [0.05, 0.1) is 24.8 Å². The quantitative estimate of drug-likeness (QED) is 0.806. The fourth-order valence-electron chi connectivity index (χ4n) is 5.08. The first kappa shape index (κ1) is 13.6. The molecule has 1 saturated carbocycles. The number of rotatable bonds is 1. The van der Waals surface area contributed by atoms with Crippen LogP contribution in [0.5, 0.6) is 0 Å². The van der Waals surface area contributed by atoms with Gasteiger partial charge in [0, 0.05) is 24.6 Å². The Morgan fingerprint density at radius 3 is 3.10 bits per heavy atom. The van der Waals surface area contributed by atoms with Crippen LogP contribution >= 0.6 is 0 Å². The lowest BCUT2D eigenvalue weighted by Crippen LogP contribution is -2.41. The van der Waals surface area contributed by atoms with E-state index in [-0.39, 0.29) is 11.5 Å². The van der Waals surface area contributed by atoms with Gasteiger partial charge in [-0.2, -0.15) is 0 Å². The van der Waals surface area contributed by atoms with Gasteiger partial charge in [-0.1, -0.05) is 13.0 Å². The second-order valence-electron chi connectivity index (χ2n) is 7.37. The molecule has 4 nitrogen and oxygen atoms in total. The molecule has 2 N–H and O–H groups in total. The zero-order valence-electron chi connectivity index (χ0n) is 13.0. The predicted octanol–water partition coefficient (Wildman–Crippen LogP) is 2.57. The Labute approximate surface area is 126 Å². The third-order valence-corrected chi connectivity index (χ3v) is 5.88. The van der Waals surface area contributed by atoms with Crippen LogP contribution in [0.25, 0.3) is 0 Å². The van der Waals surface area contributed by atoms with Crippen molar-refractivity contribution in [2.24, 2.45) is 23.0 Å². The summed E-state index contributed by atoms with van der Waals surface area (Å²) in [6, 6.07) is 0.222. The van der Waals surface area contributed by atoms with Crippen LogP contribution in [0.3, 0.4) is 0 Å². The van der Waals surface area contributed by atoms with Crippen molar-refractivity contribution in [3.05, 3.63) is 23.6 Å². The molecule has 2 unspecified atom stereocenters. The summed E-state index contributed by atoms with van der Waals surface area (Å²) in [5.74, 6) is 2.43. The molecule has 4 aliphatic rings. The van der Waals surface area contributed by atoms with Crippen molar-refractivity contribution in [3.63, 3.8) is 0 Å². The molecule has 21 heavy (non-hydrogen) atoms. The van der Waals surface area contributed by atoms with Crippen molar-refractivity contribution in [2.45, 2.75) is 51.2 Å². The van der Waals surface area contributed by atoms with Crippen LogP contribution in [-0.2, 0) is 9.57 Å². The van der Waals surface area contributed by atoms with E-state index in [2.05, 4.69) is 19.2 Å². The molecule has 0 aromatic heterocycles. The molecule has 0 saturated heterocycles. The maximum absolute atomic E-state index is 6.41. The van der Waals surface area contributed by atoms with Gasteiger partial charge >= 0.3 is 0 Å². The minimum atomic E-state index is 0.102. The van der Waals surface area contributed by atoms with Crippen molar-refractivity contribution in [1.82, 2.24) is 5.06 Å². The summed E-state index contributed by atoms with van der Waals surface area (Å²) in [7, 11) is 1.75. The summed E-state index contributed by atoms with van der Waals surface area (Å²) in [6.07, 6.45) is 10.4. The third kappa shape index (κ3) is 1.95. The highest BCUT2D eigenvalue weighted by Gasteiger charge is 2.55. The minimum absolute atomic E-state index is 0.102. The standard InChI is InChI=1S/C17H26N2O2/c1-11-3-4-15-17(9-11)5-6-19(20-2)10-12-7-13(18)8-14(21-15)16(12)17/h5-6,11-13,15H,3-4,7-10,18H2,1-2H3/t11?,12-,13+,15+,17?/m0/s1. The van der Waals surface area contributed by atoms with E-state index in [1.807, 2.05) is 5.06 Å². The molecule has 2 aliphatic carbocycles. The van der Waals surface area contributed by atoms with E-state index in [1.165, 1.54) is 18.6 Å². The van der Waals surface area contributed by atoms with E-state index in [4.69, 9.17) is 15.3 Å². The smallest absolute Gasteiger partial charge is 0.111 e. The Morgan fingerprint density at radius 1 is 1.43 bits per heavy atom. The maximum Gasteiger partial charge on any atom is 0.111 e. The van der Waals surface area contributed by atoms with Crippen LogP contribution in [-0.4, -0.2) is 30.9 Å². The number of nitrogens with two attached hydrogens (primary N) is 1. The first-order valence-corrected chi connectivity index (χ1v) is 8.28.